The fraction of sp³-hybridized carbons (Fsp3) is 0.0588. The van der Waals surface area contributed by atoms with Crippen LogP contribution in [0.3, 0.4) is 0 Å². The van der Waals surface area contributed by atoms with Gasteiger partial charge in [-0.05, 0) is 30.3 Å². The molecule has 7 nitrogen and oxygen atoms in total. The van der Waals surface area contributed by atoms with E-state index in [1.165, 1.54) is 0 Å². The molecule has 118 valence electrons. The first kappa shape index (κ1) is 14.1. The van der Waals surface area contributed by atoms with Gasteiger partial charge in [-0.2, -0.15) is 0 Å². The van der Waals surface area contributed by atoms with Gasteiger partial charge in [0.05, 0.1) is 30.0 Å². The van der Waals surface area contributed by atoms with Crippen LogP contribution in [0.2, 0.25) is 0 Å². The van der Waals surface area contributed by atoms with Crippen molar-refractivity contribution in [1.82, 2.24) is 19.4 Å². The summed E-state index contributed by atoms with van der Waals surface area (Å²) >= 11 is 0. The Balaban J connectivity index is 1.72. The van der Waals surface area contributed by atoms with E-state index in [0.29, 0.717) is 11.5 Å². The summed E-state index contributed by atoms with van der Waals surface area (Å²) in [5.41, 5.74) is 2.56. The maximum Gasteiger partial charge on any atom is 0.274 e. The van der Waals surface area contributed by atoms with Crippen molar-refractivity contribution >= 4 is 28.4 Å². The number of imidazole rings is 1. The number of ether oxygens (including phenoxy) is 1. The van der Waals surface area contributed by atoms with Crippen LogP contribution in [0.5, 0.6) is 5.75 Å². The molecular formula is C17H13N5O2. The lowest BCUT2D eigenvalue weighted by atomic mass is 10.3. The predicted molar refractivity (Wildman–Crippen MR) is 89.2 cm³/mol. The molecule has 0 atom stereocenters. The number of amides is 1. The minimum atomic E-state index is -0.310. The molecule has 4 rings (SSSR count). The van der Waals surface area contributed by atoms with E-state index in [9.17, 15) is 4.79 Å². The second-order valence-corrected chi connectivity index (χ2v) is 5.15. The number of benzene rings is 1. The Hall–Kier alpha value is -3.48. The van der Waals surface area contributed by atoms with Gasteiger partial charge in [-0.25, -0.2) is 9.97 Å². The molecule has 1 amide bonds. The summed E-state index contributed by atoms with van der Waals surface area (Å²) in [7, 11) is 1.61. The van der Waals surface area contributed by atoms with Gasteiger partial charge in [-0.15, -0.1) is 0 Å². The van der Waals surface area contributed by atoms with E-state index in [1.54, 1.807) is 43.9 Å². The quantitative estimate of drug-likeness (QED) is 0.627. The molecule has 4 aromatic rings. The number of hydrogen-bond acceptors (Lipinski definition) is 5. The van der Waals surface area contributed by atoms with Gasteiger partial charge in [0.25, 0.3) is 5.91 Å². The molecule has 0 fully saturated rings. The molecule has 7 heteroatoms. The van der Waals surface area contributed by atoms with E-state index in [0.717, 1.165) is 16.8 Å². The maximum atomic E-state index is 12.3. The van der Waals surface area contributed by atoms with Gasteiger partial charge < -0.3 is 10.1 Å². The van der Waals surface area contributed by atoms with Crippen LogP contribution in [0, 0.1) is 0 Å². The molecule has 1 aromatic carbocycles. The Labute approximate surface area is 137 Å². The van der Waals surface area contributed by atoms with Gasteiger partial charge >= 0.3 is 0 Å². The number of anilines is 1. The van der Waals surface area contributed by atoms with Crippen molar-refractivity contribution in [3.63, 3.8) is 0 Å². The number of nitrogens with zero attached hydrogens (tertiary/aromatic N) is 4. The lowest BCUT2D eigenvalue weighted by Crippen LogP contribution is -2.14. The molecule has 0 unspecified atom stereocenters. The number of fused-ring (bicyclic) bond motifs is 3. The second-order valence-electron chi connectivity index (χ2n) is 5.15. The van der Waals surface area contributed by atoms with Crippen LogP contribution in [0.15, 0.2) is 55.0 Å². The Bertz CT molecular complexity index is 1040. The molecular weight excluding hydrogens is 306 g/mol. The second kappa shape index (κ2) is 5.62. The fourth-order valence-corrected chi connectivity index (χ4v) is 2.47. The Morgan fingerprint density at radius 1 is 1.21 bits per heavy atom. The first-order valence-electron chi connectivity index (χ1n) is 7.29. The highest BCUT2D eigenvalue weighted by molar-refractivity contribution is 6.03. The van der Waals surface area contributed by atoms with E-state index in [-0.39, 0.29) is 11.6 Å². The highest BCUT2D eigenvalue weighted by Gasteiger charge is 2.12. The van der Waals surface area contributed by atoms with Crippen LogP contribution < -0.4 is 10.1 Å². The first-order chi connectivity index (χ1) is 11.7. The smallest absolute Gasteiger partial charge is 0.274 e. The monoisotopic (exact) mass is 319 g/mol. The highest BCUT2D eigenvalue weighted by Crippen LogP contribution is 2.21. The highest BCUT2D eigenvalue weighted by atomic mass is 16.5. The van der Waals surface area contributed by atoms with Crippen molar-refractivity contribution in [3.05, 3.63) is 60.7 Å². The number of hydrogen-bond donors (Lipinski definition) is 1. The van der Waals surface area contributed by atoms with Crippen molar-refractivity contribution in [2.45, 2.75) is 0 Å². The normalized spacial score (nSPS) is 10.9. The zero-order valence-corrected chi connectivity index (χ0v) is 12.8. The van der Waals surface area contributed by atoms with Crippen molar-refractivity contribution in [2.24, 2.45) is 0 Å². The van der Waals surface area contributed by atoms with E-state index < -0.39 is 0 Å². The third-order valence-electron chi connectivity index (χ3n) is 3.63. The number of pyridine rings is 1. The zero-order chi connectivity index (χ0) is 16.5. The van der Waals surface area contributed by atoms with Gasteiger partial charge in [0.2, 0.25) is 5.78 Å². The van der Waals surface area contributed by atoms with Crippen LogP contribution in [0.25, 0.3) is 16.8 Å². The summed E-state index contributed by atoms with van der Waals surface area (Å²) in [5.74, 6) is 0.868. The molecule has 0 spiro atoms. The molecule has 0 aliphatic rings. The van der Waals surface area contributed by atoms with E-state index in [1.807, 2.05) is 22.6 Å². The lowest BCUT2D eigenvalue weighted by Gasteiger charge is -2.04. The van der Waals surface area contributed by atoms with Crippen molar-refractivity contribution in [3.8, 4) is 5.75 Å². The fourth-order valence-electron chi connectivity index (χ4n) is 2.47. The van der Waals surface area contributed by atoms with Gasteiger partial charge in [0.15, 0.2) is 0 Å². The lowest BCUT2D eigenvalue weighted by molar-refractivity contribution is 0.102. The number of aromatic nitrogens is 4. The molecule has 0 saturated heterocycles. The van der Waals surface area contributed by atoms with Crippen LogP contribution in [-0.4, -0.2) is 32.4 Å². The van der Waals surface area contributed by atoms with E-state index in [4.69, 9.17) is 4.74 Å². The summed E-state index contributed by atoms with van der Waals surface area (Å²) in [5, 5.41) is 2.75. The maximum absolute atomic E-state index is 12.3. The van der Waals surface area contributed by atoms with Crippen LogP contribution in [0.1, 0.15) is 10.5 Å². The summed E-state index contributed by atoms with van der Waals surface area (Å²) in [6.07, 6.45) is 5.00. The van der Waals surface area contributed by atoms with Crippen LogP contribution >= 0.6 is 0 Å². The van der Waals surface area contributed by atoms with Crippen LogP contribution in [-0.2, 0) is 0 Å². The average molecular weight is 319 g/mol. The summed E-state index contributed by atoms with van der Waals surface area (Å²) in [6.45, 7) is 0. The van der Waals surface area contributed by atoms with Crippen molar-refractivity contribution < 1.29 is 9.53 Å². The Morgan fingerprint density at radius 3 is 2.92 bits per heavy atom. The topological polar surface area (TPSA) is 81.4 Å². The molecule has 3 heterocycles. The van der Waals surface area contributed by atoms with Gasteiger partial charge in [-0.1, -0.05) is 0 Å². The molecule has 0 bridgehead atoms. The van der Waals surface area contributed by atoms with Gasteiger partial charge in [-0.3, -0.25) is 14.2 Å². The zero-order valence-electron chi connectivity index (χ0n) is 12.8. The first-order valence-corrected chi connectivity index (χ1v) is 7.29. The molecule has 0 aliphatic carbocycles. The number of carbonyl (C=O) groups excluding carboxylic acids is 1. The Morgan fingerprint density at radius 2 is 2.12 bits per heavy atom. The largest absolute Gasteiger partial charge is 0.497 e. The third-order valence-corrected chi connectivity index (χ3v) is 3.63. The SMILES string of the molecule is COc1ccc2c(c1)nc1nc(C(=O)Nc3cccnc3)ccn12. The molecule has 0 aliphatic heterocycles. The van der Waals surface area contributed by atoms with Gasteiger partial charge in [0, 0.05) is 18.5 Å². The van der Waals surface area contributed by atoms with Crippen LogP contribution in [0.4, 0.5) is 5.69 Å². The number of rotatable bonds is 3. The van der Waals surface area contributed by atoms with E-state index in [2.05, 4.69) is 20.3 Å². The van der Waals surface area contributed by atoms with E-state index >= 15 is 0 Å². The molecule has 3 aromatic heterocycles. The molecule has 0 radical (unpaired) electrons. The predicted octanol–water partition coefficient (Wildman–Crippen LogP) is 2.54. The molecule has 1 N–H and O–H groups in total. The minimum absolute atomic E-state index is 0.286. The van der Waals surface area contributed by atoms with Gasteiger partial charge in [0.1, 0.15) is 11.4 Å². The Kier molecular flexibility index (Phi) is 3.31. The van der Waals surface area contributed by atoms with Crippen molar-refractivity contribution in [2.75, 3.05) is 12.4 Å². The number of carbonyl (C=O) groups is 1. The standard InChI is InChI=1S/C17H13N5O2/c1-24-12-4-5-15-14(9-12)21-17-20-13(6-8-22(15)17)16(23)19-11-3-2-7-18-10-11/h2-10H,1H3,(H,19,23). The summed E-state index contributed by atoms with van der Waals surface area (Å²) in [6, 6.07) is 10.8. The minimum Gasteiger partial charge on any atom is -0.497 e. The number of methoxy groups -OCH3 is 1. The third kappa shape index (κ3) is 2.41. The average Bonchev–Trinajstić information content (AvgIpc) is 2.99. The molecule has 0 saturated carbocycles. The number of nitrogens with one attached hydrogen (secondary N) is 1. The molecule has 24 heavy (non-hydrogen) atoms. The summed E-state index contributed by atoms with van der Waals surface area (Å²) < 4.78 is 7.04. The van der Waals surface area contributed by atoms with Crippen molar-refractivity contribution in [1.29, 1.82) is 0 Å². The summed E-state index contributed by atoms with van der Waals surface area (Å²) in [4.78, 5) is 25.1.